The van der Waals surface area contributed by atoms with Gasteiger partial charge in [0.2, 0.25) is 5.78 Å². The molecule has 10 heteroatoms. The van der Waals surface area contributed by atoms with Crippen molar-refractivity contribution in [1.82, 2.24) is 4.90 Å². The van der Waals surface area contributed by atoms with E-state index < -0.39 is 47.0 Å². The number of carboxylic acid groups (broad SMARTS) is 1. The molecule has 1 aliphatic heterocycles. The summed E-state index contributed by atoms with van der Waals surface area (Å²) in [5.41, 5.74) is -0.0159. The van der Waals surface area contributed by atoms with Crippen molar-refractivity contribution < 1.29 is 28.3 Å². The zero-order valence-electron chi connectivity index (χ0n) is 22.4. The molecule has 4 atom stereocenters. The molecule has 2 aromatic carbocycles. The second kappa shape index (κ2) is 10.7. The number of anilines is 1. The maximum absolute atomic E-state index is 14.3. The van der Waals surface area contributed by atoms with Crippen LogP contribution in [0, 0.1) is 36.9 Å². The third kappa shape index (κ3) is 4.78. The number of Topliss-reactive ketones (excluding diaryl/α,β-unsaturated/α-hetero) is 1. The minimum atomic E-state index is -1.90. The minimum absolute atomic E-state index is 0.0545. The number of aryl methyl sites for hydroxylation is 2. The number of nitrogens with one attached hydrogen (secondary N) is 1. The van der Waals surface area contributed by atoms with E-state index in [1.54, 1.807) is 43.3 Å². The van der Waals surface area contributed by atoms with Crippen LogP contribution in [-0.2, 0) is 4.79 Å². The maximum atomic E-state index is 14.3. The van der Waals surface area contributed by atoms with Gasteiger partial charge in [0.1, 0.15) is 17.1 Å². The van der Waals surface area contributed by atoms with Gasteiger partial charge in [-0.05, 0) is 91.9 Å². The highest BCUT2D eigenvalue weighted by Gasteiger charge is 2.66. The number of nitriles is 1. The molecule has 0 spiro atoms. The van der Waals surface area contributed by atoms with Gasteiger partial charge in [0.25, 0.3) is 0 Å². The lowest BCUT2D eigenvalue weighted by atomic mass is 9.74. The Kier molecular flexibility index (Phi) is 7.24. The van der Waals surface area contributed by atoms with Crippen molar-refractivity contribution in [1.29, 1.82) is 5.26 Å². The van der Waals surface area contributed by atoms with Crippen LogP contribution in [0.3, 0.4) is 0 Å². The lowest BCUT2D eigenvalue weighted by Gasteiger charge is -2.37. The van der Waals surface area contributed by atoms with Crippen molar-refractivity contribution >= 4 is 34.8 Å². The van der Waals surface area contributed by atoms with Gasteiger partial charge in [0.15, 0.2) is 5.76 Å². The average molecular weight is 572 g/mol. The molecule has 2 N–H and O–H groups in total. The van der Waals surface area contributed by atoms with Gasteiger partial charge in [-0.1, -0.05) is 12.1 Å². The van der Waals surface area contributed by atoms with Crippen molar-refractivity contribution in [2.75, 3.05) is 5.32 Å². The van der Waals surface area contributed by atoms with Gasteiger partial charge in [0, 0.05) is 16.5 Å². The Balaban J connectivity index is 1.76. The molecule has 5 rings (SSSR count). The summed E-state index contributed by atoms with van der Waals surface area (Å²) in [6.45, 7) is 4.99. The van der Waals surface area contributed by atoms with Crippen LogP contribution in [0.1, 0.15) is 56.8 Å². The Morgan fingerprint density at radius 1 is 1.05 bits per heavy atom. The first-order valence-electron chi connectivity index (χ1n) is 12.8. The normalized spacial score (nSPS) is 21.8. The fraction of sp³-hybridized carbons (Fsp3) is 0.226. The number of carbonyl (C=O) groups excluding carboxylic acids is 2. The largest absolute Gasteiger partial charge is 0.479 e. The highest BCUT2D eigenvalue weighted by atomic mass is 32.1. The molecular formula is C31H26FN3O5S. The van der Waals surface area contributed by atoms with Crippen molar-refractivity contribution in [2.45, 2.75) is 38.3 Å². The Hall–Kier alpha value is -4.75. The number of ketones is 1. The second-order valence-electron chi connectivity index (χ2n) is 10.2. The molecule has 2 aromatic heterocycles. The van der Waals surface area contributed by atoms with Gasteiger partial charge in [-0.3, -0.25) is 9.69 Å². The van der Waals surface area contributed by atoms with Crippen molar-refractivity contribution in [3.63, 3.8) is 0 Å². The van der Waals surface area contributed by atoms with Crippen LogP contribution in [-0.4, -0.2) is 33.3 Å². The molecule has 41 heavy (non-hydrogen) atoms. The van der Waals surface area contributed by atoms with E-state index in [1.807, 2.05) is 18.4 Å². The third-order valence-corrected chi connectivity index (χ3v) is 8.78. The molecule has 0 bridgehead atoms. The highest BCUT2D eigenvalue weighted by molar-refractivity contribution is 7.10. The van der Waals surface area contributed by atoms with Gasteiger partial charge >= 0.3 is 12.0 Å². The van der Waals surface area contributed by atoms with Crippen LogP contribution in [0.2, 0.25) is 0 Å². The van der Waals surface area contributed by atoms with Crippen LogP contribution < -0.4 is 5.32 Å². The number of hydrogen-bond acceptors (Lipinski definition) is 6. The summed E-state index contributed by atoms with van der Waals surface area (Å²) in [6, 6.07) is 16.7. The first-order chi connectivity index (χ1) is 19.6. The van der Waals surface area contributed by atoms with E-state index in [0.717, 1.165) is 5.56 Å². The van der Waals surface area contributed by atoms with Crippen LogP contribution in [0.15, 0.2) is 76.5 Å². The third-order valence-electron chi connectivity index (χ3n) is 7.68. The standard InChI is InChI=1S/C31H26FN3O5S/c1-17-14-15-41-28(17)25-24(27(36)23-13-4-18(2)40-23)26(20-7-5-19(16-33)6-8-20)35(31(25,3)29(37)38)30(39)34-22-11-9-21(32)10-12-22/h4-15,24-26H,1-3H3,(H,34,39)(H,37,38). The van der Waals surface area contributed by atoms with Gasteiger partial charge in [-0.2, -0.15) is 5.26 Å². The van der Waals surface area contributed by atoms with E-state index in [4.69, 9.17) is 4.42 Å². The van der Waals surface area contributed by atoms with Crippen LogP contribution >= 0.6 is 11.3 Å². The molecule has 1 saturated heterocycles. The zero-order chi connectivity index (χ0) is 29.5. The molecule has 0 saturated carbocycles. The molecular weight excluding hydrogens is 545 g/mol. The van der Waals surface area contributed by atoms with E-state index in [0.29, 0.717) is 21.8 Å². The van der Waals surface area contributed by atoms with E-state index in [-0.39, 0.29) is 11.4 Å². The topological polar surface area (TPSA) is 124 Å². The number of nitrogens with zero attached hydrogens (tertiary/aromatic N) is 2. The number of likely N-dealkylation sites (tertiary alicyclic amines) is 1. The molecule has 8 nitrogen and oxygen atoms in total. The predicted octanol–water partition coefficient (Wildman–Crippen LogP) is 6.68. The number of amides is 2. The number of carbonyl (C=O) groups is 3. The number of urea groups is 1. The summed E-state index contributed by atoms with van der Waals surface area (Å²) in [6.07, 6.45) is 0. The van der Waals surface area contributed by atoms with Gasteiger partial charge < -0.3 is 14.8 Å². The summed E-state index contributed by atoms with van der Waals surface area (Å²) in [7, 11) is 0. The van der Waals surface area contributed by atoms with E-state index >= 15 is 0 Å². The number of aliphatic carboxylic acids is 1. The molecule has 208 valence electrons. The molecule has 2 amide bonds. The Labute approximate surface area is 239 Å². The van der Waals surface area contributed by atoms with Gasteiger partial charge in [0.05, 0.1) is 23.6 Å². The SMILES string of the molecule is Cc1ccc(C(=O)C2C(c3ccc(C#N)cc3)N(C(=O)Nc3ccc(F)cc3)C(C)(C(=O)O)C2c2sccc2C)o1. The summed E-state index contributed by atoms with van der Waals surface area (Å²) >= 11 is 1.32. The summed E-state index contributed by atoms with van der Waals surface area (Å²) in [4.78, 5) is 43.6. The maximum Gasteiger partial charge on any atom is 0.330 e. The zero-order valence-corrected chi connectivity index (χ0v) is 23.2. The quantitative estimate of drug-likeness (QED) is 0.249. The molecule has 0 radical (unpaired) electrons. The van der Waals surface area contributed by atoms with Crippen molar-refractivity contribution in [2.24, 2.45) is 5.92 Å². The van der Waals surface area contributed by atoms with E-state index in [1.165, 1.54) is 47.4 Å². The Bertz CT molecular complexity index is 1670. The molecule has 0 aliphatic carbocycles. The first-order valence-corrected chi connectivity index (χ1v) is 13.7. The van der Waals surface area contributed by atoms with Crippen LogP contribution in [0.5, 0.6) is 0 Å². The lowest BCUT2D eigenvalue weighted by molar-refractivity contribution is -0.148. The van der Waals surface area contributed by atoms with Crippen LogP contribution in [0.4, 0.5) is 14.9 Å². The highest BCUT2D eigenvalue weighted by Crippen LogP contribution is 2.58. The first kappa shape index (κ1) is 27.8. The number of hydrogen-bond donors (Lipinski definition) is 2. The van der Waals surface area contributed by atoms with Gasteiger partial charge in [-0.25, -0.2) is 14.0 Å². The monoisotopic (exact) mass is 571 g/mol. The number of benzene rings is 2. The van der Waals surface area contributed by atoms with E-state index in [9.17, 15) is 29.1 Å². The lowest BCUT2D eigenvalue weighted by Crippen LogP contribution is -2.55. The fourth-order valence-corrected chi connectivity index (χ4v) is 6.88. The van der Waals surface area contributed by atoms with Crippen molar-refractivity contribution in [3.05, 3.63) is 111 Å². The summed E-state index contributed by atoms with van der Waals surface area (Å²) in [5, 5.41) is 24.7. The number of rotatable bonds is 6. The molecule has 1 aliphatic rings. The number of thiophene rings is 1. The predicted molar refractivity (Wildman–Crippen MR) is 150 cm³/mol. The molecule has 3 heterocycles. The molecule has 4 unspecified atom stereocenters. The van der Waals surface area contributed by atoms with Crippen molar-refractivity contribution in [3.8, 4) is 6.07 Å². The number of halogens is 1. The van der Waals surface area contributed by atoms with E-state index in [2.05, 4.69) is 11.4 Å². The summed E-state index contributed by atoms with van der Waals surface area (Å²) in [5.74, 6) is -3.70. The summed E-state index contributed by atoms with van der Waals surface area (Å²) < 4.78 is 19.3. The smallest absolute Gasteiger partial charge is 0.330 e. The molecule has 4 aromatic rings. The van der Waals surface area contributed by atoms with Crippen LogP contribution in [0.25, 0.3) is 0 Å². The molecule has 1 fully saturated rings. The minimum Gasteiger partial charge on any atom is -0.479 e. The average Bonchev–Trinajstić information content (AvgIpc) is 3.65. The Morgan fingerprint density at radius 3 is 2.27 bits per heavy atom. The number of furan rings is 1. The fourth-order valence-electron chi connectivity index (χ4n) is 5.68. The van der Waals surface area contributed by atoms with Gasteiger partial charge in [-0.15, -0.1) is 11.3 Å². The number of carboxylic acids is 1. The Morgan fingerprint density at radius 2 is 1.73 bits per heavy atom. The second-order valence-corrected chi connectivity index (χ2v) is 11.1.